The number of amides is 1. The number of aryl methyl sites for hydroxylation is 1. The fourth-order valence-electron chi connectivity index (χ4n) is 2.60. The van der Waals surface area contributed by atoms with Crippen LogP contribution in [0.2, 0.25) is 0 Å². The predicted molar refractivity (Wildman–Crippen MR) is 110 cm³/mol. The van der Waals surface area contributed by atoms with E-state index in [-0.39, 0.29) is 5.91 Å². The number of imidazole rings is 1. The van der Waals surface area contributed by atoms with Gasteiger partial charge in [-0.2, -0.15) is 0 Å². The summed E-state index contributed by atoms with van der Waals surface area (Å²) in [5.74, 6) is 1.09. The van der Waals surface area contributed by atoms with Gasteiger partial charge in [0.25, 0.3) is 5.22 Å². The van der Waals surface area contributed by atoms with Crippen molar-refractivity contribution in [2.24, 2.45) is 0 Å². The number of likely N-dealkylation sites (N-methyl/N-ethyl adjacent to an activating group) is 1. The van der Waals surface area contributed by atoms with Crippen LogP contribution in [0.4, 0.5) is 0 Å². The van der Waals surface area contributed by atoms with Crippen LogP contribution in [0.25, 0.3) is 11.5 Å². The van der Waals surface area contributed by atoms with Crippen LogP contribution in [0, 0.1) is 6.92 Å². The number of H-pyrrole nitrogens is 1. The van der Waals surface area contributed by atoms with Gasteiger partial charge in [-0.3, -0.25) is 9.78 Å². The Morgan fingerprint density at radius 1 is 1.21 bits per heavy atom. The maximum absolute atomic E-state index is 12.8. The molecule has 0 aliphatic rings. The summed E-state index contributed by atoms with van der Waals surface area (Å²) in [7, 11) is 3.99. The molecule has 154 valence electrons. The lowest BCUT2D eigenvalue weighted by Crippen LogP contribution is -2.36. The minimum absolute atomic E-state index is 0.0793. The highest BCUT2D eigenvalue weighted by molar-refractivity contribution is 7.99. The van der Waals surface area contributed by atoms with Gasteiger partial charge >= 0.3 is 0 Å². The molecule has 3 aromatic rings. The summed E-state index contributed by atoms with van der Waals surface area (Å²) < 4.78 is 5.66. The van der Waals surface area contributed by atoms with Crippen LogP contribution < -0.4 is 0 Å². The molecular formula is C19H25N7O2S. The van der Waals surface area contributed by atoms with Crippen molar-refractivity contribution in [2.45, 2.75) is 25.1 Å². The highest BCUT2D eigenvalue weighted by Crippen LogP contribution is 2.23. The van der Waals surface area contributed by atoms with E-state index < -0.39 is 0 Å². The van der Waals surface area contributed by atoms with Crippen LogP contribution in [0.3, 0.4) is 0 Å². The van der Waals surface area contributed by atoms with Gasteiger partial charge < -0.3 is 19.2 Å². The van der Waals surface area contributed by atoms with E-state index in [1.54, 1.807) is 18.7 Å². The lowest BCUT2D eigenvalue weighted by atomic mass is 10.3. The van der Waals surface area contributed by atoms with Crippen LogP contribution in [-0.4, -0.2) is 73.8 Å². The Bertz CT molecular complexity index is 910. The standard InChI is InChI=1S/C19H25N7O2S/c1-14-16(22-13-21-14)12-26(10-9-25(2)3)17(27)6-11-29-19-24-23-18(28-19)15-4-7-20-8-5-15/h4-5,7-8,13H,6,9-12H2,1-3H3,(H,21,22). The number of rotatable bonds is 10. The fraction of sp³-hybridized carbons (Fsp3) is 0.421. The molecule has 1 amide bonds. The largest absolute Gasteiger partial charge is 0.411 e. The Morgan fingerprint density at radius 2 is 2.00 bits per heavy atom. The first-order valence-corrected chi connectivity index (χ1v) is 10.3. The lowest BCUT2D eigenvalue weighted by Gasteiger charge is -2.24. The number of pyridine rings is 1. The third-order valence-electron chi connectivity index (χ3n) is 4.32. The molecule has 10 heteroatoms. The zero-order valence-electron chi connectivity index (χ0n) is 16.8. The van der Waals surface area contributed by atoms with Crippen molar-refractivity contribution in [3.63, 3.8) is 0 Å². The second-order valence-electron chi connectivity index (χ2n) is 6.80. The van der Waals surface area contributed by atoms with Gasteiger partial charge in [-0.1, -0.05) is 11.8 Å². The Kier molecular flexibility index (Phi) is 7.36. The second-order valence-corrected chi connectivity index (χ2v) is 7.85. The summed E-state index contributed by atoms with van der Waals surface area (Å²) in [6.07, 6.45) is 5.39. The summed E-state index contributed by atoms with van der Waals surface area (Å²) in [5.41, 5.74) is 2.69. The van der Waals surface area contributed by atoms with E-state index in [2.05, 4.69) is 30.0 Å². The number of hydrogen-bond acceptors (Lipinski definition) is 8. The predicted octanol–water partition coefficient (Wildman–Crippen LogP) is 2.24. The highest BCUT2D eigenvalue weighted by atomic mass is 32.2. The molecule has 0 fully saturated rings. The molecule has 0 radical (unpaired) electrons. The average molecular weight is 416 g/mol. The van der Waals surface area contributed by atoms with Crippen molar-refractivity contribution in [1.29, 1.82) is 0 Å². The molecule has 0 saturated carbocycles. The molecular weight excluding hydrogens is 390 g/mol. The SMILES string of the molecule is Cc1[nH]cnc1CN(CCN(C)C)C(=O)CCSc1nnc(-c2ccncc2)o1. The quantitative estimate of drug-likeness (QED) is 0.503. The number of hydrogen-bond donors (Lipinski definition) is 1. The first-order chi connectivity index (χ1) is 14.0. The molecule has 0 aliphatic heterocycles. The van der Waals surface area contributed by atoms with Gasteiger partial charge in [0.15, 0.2) is 0 Å². The average Bonchev–Trinajstić information content (AvgIpc) is 3.34. The Hall–Kier alpha value is -2.72. The zero-order valence-corrected chi connectivity index (χ0v) is 17.6. The Labute approximate surface area is 173 Å². The molecule has 0 atom stereocenters. The zero-order chi connectivity index (χ0) is 20.6. The summed E-state index contributed by atoms with van der Waals surface area (Å²) >= 11 is 1.38. The van der Waals surface area contributed by atoms with Gasteiger partial charge in [0.05, 0.1) is 18.6 Å². The molecule has 29 heavy (non-hydrogen) atoms. The van der Waals surface area contributed by atoms with Crippen LogP contribution >= 0.6 is 11.8 Å². The number of carbonyl (C=O) groups excluding carboxylic acids is 1. The molecule has 0 unspecified atom stereocenters. The molecule has 0 aliphatic carbocycles. The third-order valence-corrected chi connectivity index (χ3v) is 5.14. The first-order valence-electron chi connectivity index (χ1n) is 9.31. The summed E-state index contributed by atoms with van der Waals surface area (Å²) in [5, 5.41) is 8.55. The molecule has 3 rings (SSSR count). The van der Waals surface area contributed by atoms with Crippen molar-refractivity contribution in [3.8, 4) is 11.5 Å². The van der Waals surface area contributed by atoms with E-state index in [0.717, 1.165) is 23.5 Å². The van der Waals surface area contributed by atoms with E-state index in [0.29, 0.717) is 36.4 Å². The molecule has 1 N–H and O–H groups in total. The van der Waals surface area contributed by atoms with Crippen molar-refractivity contribution in [1.82, 2.24) is 34.9 Å². The maximum atomic E-state index is 12.8. The smallest absolute Gasteiger partial charge is 0.276 e. The molecule has 0 aromatic carbocycles. The van der Waals surface area contributed by atoms with E-state index in [9.17, 15) is 4.79 Å². The van der Waals surface area contributed by atoms with Gasteiger partial charge in [0.2, 0.25) is 11.8 Å². The van der Waals surface area contributed by atoms with Crippen molar-refractivity contribution >= 4 is 17.7 Å². The van der Waals surface area contributed by atoms with Crippen LogP contribution in [-0.2, 0) is 11.3 Å². The molecule has 3 aromatic heterocycles. The molecule has 3 heterocycles. The van der Waals surface area contributed by atoms with E-state index in [1.165, 1.54) is 11.8 Å². The monoisotopic (exact) mass is 415 g/mol. The van der Waals surface area contributed by atoms with E-state index in [4.69, 9.17) is 4.42 Å². The van der Waals surface area contributed by atoms with E-state index in [1.807, 2.05) is 38.1 Å². The summed E-state index contributed by atoms with van der Waals surface area (Å²) in [4.78, 5) is 28.1. The number of thioether (sulfide) groups is 1. The Balaban J connectivity index is 1.54. The number of nitrogens with one attached hydrogen (secondary N) is 1. The molecule has 0 bridgehead atoms. The highest BCUT2D eigenvalue weighted by Gasteiger charge is 2.17. The number of carbonyl (C=O) groups is 1. The van der Waals surface area contributed by atoms with Crippen LogP contribution in [0.15, 0.2) is 40.5 Å². The third kappa shape index (κ3) is 6.13. The lowest BCUT2D eigenvalue weighted by molar-refractivity contribution is -0.131. The topological polar surface area (TPSA) is 104 Å². The second kappa shape index (κ2) is 10.2. The van der Waals surface area contributed by atoms with Crippen molar-refractivity contribution < 1.29 is 9.21 Å². The fourth-order valence-corrected chi connectivity index (χ4v) is 3.29. The van der Waals surface area contributed by atoms with E-state index >= 15 is 0 Å². The molecule has 0 spiro atoms. The Morgan fingerprint density at radius 3 is 2.69 bits per heavy atom. The minimum atomic E-state index is 0.0793. The normalized spacial score (nSPS) is 11.2. The summed E-state index contributed by atoms with van der Waals surface area (Å²) in [6, 6.07) is 3.62. The van der Waals surface area contributed by atoms with Crippen molar-refractivity contribution in [3.05, 3.63) is 42.2 Å². The van der Waals surface area contributed by atoms with Crippen molar-refractivity contribution in [2.75, 3.05) is 32.9 Å². The molecule has 9 nitrogen and oxygen atoms in total. The van der Waals surface area contributed by atoms with Gasteiger partial charge in [0, 0.05) is 48.9 Å². The van der Waals surface area contributed by atoms with Crippen LogP contribution in [0.1, 0.15) is 17.8 Å². The first kappa shape index (κ1) is 21.0. The number of aromatic amines is 1. The number of nitrogens with zero attached hydrogens (tertiary/aromatic N) is 6. The minimum Gasteiger partial charge on any atom is -0.411 e. The molecule has 0 saturated heterocycles. The maximum Gasteiger partial charge on any atom is 0.276 e. The van der Waals surface area contributed by atoms with Gasteiger partial charge in [0.1, 0.15) is 0 Å². The summed E-state index contributed by atoms with van der Waals surface area (Å²) in [6.45, 7) is 3.90. The van der Waals surface area contributed by atoms with Gasteiger partial charge in [-0.25, -0.2) is 4.98 Å². The number of aromatic nitrogens is 5. The van der Waals surface area contributed by atoms with Gasteiger partial charge in [-0.15, -0.1) is 10.2 Å². The van der Waals surface area contributed by atoms with Gasteiger partial charge in [-0.05, 0) is 33.2 Å². The van der Waals surface area contributed by atoms with Crippen LogP contribution in [0.5, 0.6) is 0 Å².